The van der Waals surface area contributed by atoms with Gasteiger partial charge in [-0.25, -0.2) is 4.79 Å². The van der Waals surface area contributed by atoms with E-state index in [4.69, 9.17) is 4.74 Å². The first kappa shape index (κ1) is 13.5. The number of thiophene rings is 1. The predicted molar refractivity (Wildman–Crippen MR) is 71.4 cm³/mol. The minimum Gasteiger partial charge on any atom is -0.465 e. The lowest BCUT2D eigenvalue weighted by atomic mass is 10.2. The maximum absolute atomic E-state index is 11.5. The Morgan fingerprint density at radius 2 is 2.31 bits per heavy atom. The molecular formula is C11H16BrNO2S. The quantitative estimate of drug-likeness (QED) is 0.640. The lowest BCUT2D eigenvalue weighted by Gasteiger charge is -2.07. The van der Waals surface area contributed by atoms with Gasteiger partial charge in [0.1, 0.15) is 4.88 Å². The number of carbonyl (C=O) groups excluding carboxylic acids is 1. The molecule has 0 saturated heterocycles. The van der Waals surface area contributed by atoms with Gasteiger partial charge in [0, 0.05) is 11.9 Å². The molecule has 0 aliphatic carbocycles. The summed E-state index contributed by atoms with van der Waals surface area (Å²) in [7, 11) is 1.40. The molecule has 0 aliphatic rings. The van der Waals surface area contributed by atoms with Gasteiger partial charge in [0.2, 0.25) is 0 Å². The SMILES string of the molecule is CCCCCNc1c(Br)csc1C(=O)OC. The van der Waals surface area contributed by atoms with Crippen LogP contribution in [0.1, 0.15) is 35.9 Å². The number of ether oxygens (including phenoxy) is 1. The first-order chi connectivity index (χ1) is 7.70. The molecule has 5 heteroatoms. The molecule has 0 saturated carbocycles. The summed E-state index contributed by atoms with van der Waals surface area (Å²) in [4.78, 5) is 12.1. The number of hydrogen-bond donors (Lipinski definition) is 1. The molecule has 1 rings (SSSR count). The Morgan fingerprint density at radius 3 is 2.94 bits per heavy atom. The minimum absolute atomic E-state index is 0.284. The van der Waals surface area contributed by atoms with Crippen molar-refractivity contribution in [1.29, 1.82) is 0 Å². The van der Waals surface area contributed by atoms with Crippen LogP contribution in [-0.4, -0.2) is 19.6 Å². The molecule has 0 radical (unpaired) electrons. The third-order valence-electron chi connectivity index (χ3n) is 2.20. The zero-order chi connectivity index (χ0) is 12.0. The van der Waals surface area contributed by atoms with Crippen molar-refractivity contribution in [3.05, 3.63) is 14.7 Å². The topological polar surface area (TPSA) is 38.3 Å². The Balaban J connectivity index is 2.63. The average molecular weight is 306 g/mol. The molecule has 1 aromatic rings. The summed E-state index contributed by atoms with van der Waals surface area (Å²) in [6.07, 6.45) is 3.50. The van der Waals surface area contributed by atoms with Crippen LogP contribution in [0.2, 0.25) is 0 Å². The molecule has 1 N–H and O–H groups in total. The number of esters is 1. The fourth-order valence-electron chi connectivity index (χ4n) is 1.33. The summed E-state index contributed by atoms with van der Waals surface area (Å²) >= 11 is 4.81. The molecule has 0 spiro atoms. The third-order valence-corrected chi connectivity index (χ3v) is 4.09. The lowest BCUT2D eigenvalue weighted by molar-refractivity contribution is 0.0607. The fourth-order valence-corrected chi connectivity index (χ4v) is 2.90. The number of methoxy groups -OCH3 is 1. The van der Waals surface area contributed by atoms with Crippen molar-refractivity contribution >= 4 is 38.9 Å². The van der Waals surface area contributed by atoms with Gasteiger partial charge in [-0.2, -0.15) is 0 Å². The summed E-state index contributed by atoms with van der Waals surface area (Å²) in [5.41, 5.74) is 0.855. The van der Waals surface area contributed by atoms with Crippen molar-refractivity contribution in [2.45, 2.75) is 26.2 Å². The molecule has 1 heterocycles. The van der Waals surface area contributed by atoms with E-state index in [2.05, 4.69) is 28.2 Å². The molecule has 16 heavy (non-hydrogen) atoms. The van der Waals surface area contributed by atoms with E-state index < -0.39 is 0 Å². The van der Waals surface area contributed by atoms with E-state index in [9.17, 15) is 4.79 Å². The van der Waals surface area contributed by atoms with Gasteiger partial charge in [0.05, 0.1) is 17.3 Å². The Labute approximate surface area is 108 Å². The smallest absolute Gasteiger partial charge is 0.350 e. The molecule has 0 unspecified atom stereocenters. The second-order valence-electron chi connectivity index (χ2n) is 3.41. The zero-order valence-corrected chi connectivity index (χ0v) is 11.9. The number of rotatable bonds is 6. The van der Waals surface area contributed by atoms with Crippen LogP contribution < -0.4 is 5.32 Å². The van der Waals surface area contributed by atoms with E-state index in [1.54, 1.807) is 0 Å². The Bertz CT molecular complexity index is 352. The maximum atomic E-state index is 11.5. The van der Waals surface area contributed by atoms with Crippen molar-refractivity contribution in [3.8, 4) is 0 Å². The Morgan fingerprint density at radius 1 is 1.56 bits per heavy atom. The van der Waals surface area contributed by atoms with E-state index in [0.717, 1.165) is 23.1 Å². The minimum atomic E-state index is -0.284. The van der Waals surface area contributed by atoms with E-state index in [0.29, 0.717) is 4.88 Å². The van der Waals surface area contributed by atoms with Crippen molar-refractivity contribution in [3.63, 3.8) is 0 Å². The Kier molecular flexibility index (Phi) is 5.84. The van der Waals surface area contributed by atoms with Crippen LogP contribution in [0.3, 0.4) is 0 Å². The van der Waals surface area contributed by atoms with Crippen LogP contribution in [0.15, 0.2) is 9.85 Å². The second-order valence-corrected chi connectivity index (χ2v) is 5.15. The van der Waals surface area contributed by atoms with Gasteiger partial charge >= 0.3 is 5.97 Å². The number of carbonyl (C=O) groups is 1. The molecule has 0 fully saturated rings. The van der Waals surface area contributed by atoms with Crippen LogP contribution in [0, 0.1) is 0 Å². The molecule has 0 aromatic carbocycles. The first-order valence-electron chi connectivity index (χ1n) is 5.29. The van der Waals surface area contributed by atoms with E-state index in [1.165, 1.54) is 31.3 Å². The number of halogens is 1. The van der Waals surface area contributed by atoms with E-state index in [-0.39, 0.29) is 5.97 Å². The summed E-state index contributed by atoms with van der Waals surface area (Å²) < 4.78 is 5.65. The molecule has 0 aliphatic heterocycles. The summed E-state index contributed by atoms with van der Waals surface area (Å²) in [5.74, 6) is -0.284. The highest BCUT2D eigenvalue weighted by molar-refractivity contribution is 9.10. The summed E-state index contributed by atoms with van der Waals surface area (Å²) in [6.45, 7) is 3.05. The highest BCUT2D eigenvalue weighted by Crippen LogP contribution is 2.33. The maximum Gasteiger partial charge on any atom is 0.350 e. The fraction of sp³-hybridized carbons (Fsp3) is 0.545. The lowest BCUT2D eigenvalue weighted by Crippen LogP contribution is -2.07. The number of hydrogen-bond acceptors (Lipinski definition) is 4. The Hall–Kier alpha value is -0.550. The van der Waals surface area contributed by atoms with Gasteiger partial charge in [-0.3, -0.25) is 0 Å². The molecule has 0 atom stereocenters. The van der Waals surface area contributed by atoms with Crippen LogP contribution in [0.5, 0.6) is 0 Å². The largest absolute Gasteiger partial charge is 0.465 e. The molecule has 0 bridgehead atoms. The van der Waals surface area contributed by atoms with Gasteiger partial charge in [-0.15, -0.1) is 11.3 Å². The van der Waals surface area contributed by atoms with Crippen LogP contribution >= 0.6 is 27.3 Å². The molecule has 90 valence electrons. The van der Waals surface area contributed by atoms with Crippen molar-refractivity contribution in [2.75, 3.05) is 19.0 Å². The summed E-state index contributed by atoms with van der Waals surface area (Å²) in [5, 5.41) is 5.17. The van der Waals surface area contributed by atoms with Crippen LogP contribution in [0.25, 0.3) is 0 Å². The first-order valence-corrected chi connectivity index (χ1v) is 6.97. The number of anilines is 1. The summed E-state index contributed by atoms with van der Waals surface area (Å²) in [6, 6.07) is 0. The molecule has 3 nitrogen and oxygen atoms in total. The van der Waals surface area contributed by atoms with Crippen LogP contribution in [-0.2, 0) is 4.74 Å². The molecule has 1 aromatic heterocycles. The number of nitrogens with one attached hydrogen (secondary N) is 1. The van der Waals surface area contributed by atoms with Crippen molar-refractivity contribution in [1.82, 2.24) is 0 Å². The average Bonchev–Trinajstić information content (AvgIpc) is 2.65. The highest BCUT2D eigenvalue weighted by Gasteiger charge is 2.16. The van der Waals surface area contributed by atoms with Crippen LogP contribution in [0.4, 0.5) is 5.69 Å². The van der Waals surface area contributed by atoms with Crippen molar-refractivity contribution in [2.24, 2.45) is 0 Å². The normalized spacial score (nSPS) is 10.2. The molecular weight excluding hydrogens is 290 g/mol. The zero-order valence-electron chi connectivity index (χ0n) is 9.51. The van der Waals surface area contributed by atoms with E-state index in [1.807, 2.05) is 5.38 Å². The molecule has 0 amide bonds. The van der Waals surface area contributed by atoms with Gasteiger partial charge in [-0.05, 0) is 22.4 Å². The second kappa shape index (κ2) is 6.91. The standard InChI is InChI=1S/C11H16BrNO2S/c1-3-4-5-6-13-9-8(12)7-16-10(9)11(14)15-2/h7,13H,3-6H2,1-2H3. The van der Waals surface area contributed by atoms with Crippen molar-refractivity contribution < 1.29 is 9.53 Å². The third kappa shape index (κ3) is 3.49. The highest BCUT2D eigenvalue weighted by atomic mass is 79.9. The predicted octanol–water partition coefficient (Wildman–Crippen LogP) is 3.90. The van der Waals surface area contributed by atoms with Gasteiger partial charge in [0.25, 0.3) is 0 Å². The number of unbranched alkanes of at least 4 members (excludes halogenated alkanes) is 2. The van der Waals surface area contributed by atoms with Gasteiger partial charge in [-0.1, -0.05) is 19.8 Å². The monoisotopic (exact) mass is 305 g/mol. The van der Waals surface area contributed by atoms with Gasteiger partial charge < -0.3 is 10.1 Å². The van der Waals surface area contributed by atoms with Gasteiger partial charge in [0.15, 0.2) is 0 Å². The van der Waals surface area contributed by atoms with E-state index >= 15 is 0 Å².